The lowest BCUT2D eigenvalue weighted by atomic mass is 10.0. The van der Waals surface area contributed by atoms with Gasteiger partial charge >= 0.3 is 5.97 Å². The van der Waals surface area contributed by atoms with E-state index < -0.39 is 15.8 Å². The smallest absolute Gasteiger partial charge is 0.337 e. The normalized spacial score (nSPS) is 18.0. The summed E-state index contributed by atoms with van der Waals surface area (Å²) in [5.41, 5.74) is 0.973. The number of hydrogen-bond donors (Lipinski definition) is 1. The SMILES string of the molecule is COC(=O)c1ccc(NC(=O)C2CCS(=O)(=O)CC2)cc1. The first-order valence-electron chi connectivity index (χ1n) is 6.61. The molecule has 1 N–H and O–H groups in total. The molecule has 2 rings (SSSR count). The summed E-state index contributed by atoms with van der Waals surface area (Å²) in [6.45, 7) is 0. The average molecular weight is 311 g/mol. The van der Waals surface area contributed by atoms with Crippen LogP contribution in [0.4, 0.5) is 5.69 Å². The fraction of sp³-hybridized carbons (Fsp3) is 0.429. The van der Waals surface area contributed by atoms with Crippen molar-refractivity contribution in [3.8, 4) is 0 Å². The zero-order chi connectivity index (χ0) is 15.5. The number of esters is 1. The minimum atomic E-state index is -2.97. The highest BCUT2D eigenvalue weighted by Crippen LogP contribution is 2.21. The van der Waals surface area contributed by atoms with Gasteiger partial charge in [0.2, 0.25) is 5.91 Å². The topological polar surface area (TPSA) is 89.5 Å². The van der Waals surface area contributed by atoms with Crippen molar-refractivity contribution in [2.45, 2.75) is 12.8 Å². The standard InChI is InChI=1S/C14H17NO5S/c1-20-14(17)11-2-4-12(5-3-11)15-13(16)10-6-8-21(18,19)9-7-10/h2-5,10H,6-9H2,1H3,(H,15,16). The zero-order valence-electron chi connectivity index (χ0n) is 11.7. The second kappa shape index (κ2) is 6.26. The molecule has 1 aromatic carbocycles. The molecule has 0 saturated carbocycles. The number of carbonyl (C=O) groups is 2. The fourth-order valence-corrected chi connectivity index (χ4v) is 3.70. The van der Waals surface area contributed by atoms with E-state index in [4.69, 9.17) is 0 Å². The third-order valence-corrected chi connectivity index (χ3v) is 5.21. The van der Waals surface area contributed by atoms with Crippen LogP contribution in [0.3, 0.4) is 0 Å². The fourth-order valence-electron chi connectivity index (χ4n) is 2.20. The average Bonchev–Trinajstić information content (AvgIpc) is 2.47. The minimum Gasteiger partial charge on any atom is -0.465 e. The van der Waals surface area contributed by atoms with Crippen LogP contribution in [0.25, 0.3) is 0 Å². The van der Waals surface area contributed by atoms with Crippen LogP contribution in [0, 0.1) is 5.92 Å². The summed E-state index contributed by atoms with van der Waals surface area (Å²) < 4.78 is 27.3. The van der Waals surface area contributed by atoms with Gasteiger partial charge in [-0.15, -0.1) is 0 Å². The number of rotatable bonds is 3. The first kappa shape index (κ1) is 15.5. The van der Waals surface area contributed by atoms with Crippen molar-refractivity contribution in [3.05, 3.63) is 29.8 Å². The number of nitrogens with one attached hydrogen (secondary N) is 1. The van der Waals surface area contributed by atoms with Crippen molar-refractivity contribution in [1.82, 2.24) is 0 Å². The Morgan fingerprint density at radius 2 is 1.71 bits per heavy atom. The maximum Gasteiger partial charge on any atom is 0.337 e. The summed E-state index contributed by atoms with van der Waals surface area (Å²) in [6.07, 6.45) is 0.711. The lowest BCUT2D eigenvalue weighted by molar-refractivity contribution is -0.120. The monoisotopic (exact) mass is 311 g/mol. The molecule has 1 fully saturated rings. The summed E-state index contributed by atoms with van der Waals surface area (Å²) in [4.78, 5) is 23.3. The van der Waals surface area contributed by atoms with Crippen LogP contribution in [0.2, 0.25) is 0 Å². The van der Waals surface area contributed by atoms with Gasteiger partial charge in [-0.3, -0.25) is 4.79 Å². The molecule has 1 amide bonds. The Balaban J connectivity index is 1.95. The van der Waals surface area contributed by atoms with Crippen molar-refractivity contribution in [1.29, 1.82) is 0 Å². The summed E-state index contributed by atoms with van der Waals surface area (Å²) in [7, 11) is -1.67. The molecule has 0 bridgehead atoms. The van der Waals surface area contributed by atoms with Gasteiger partial charge < -0.3 is 10.1 Å². The molecule has 1 aliphatic rings. The molecule has 6 nitrogen and oxygen atoms in total. The highest BCUT2D eigenvalue weighted by atomic mass is 32.2. The van der Waals surface area contributed by atoms with E-state index >= 15 is 0 Å². The van der Waals surface area contributed by atoms with Gasteiger partial charge in [-0.1, -0.05) is 0 Å². The molecule has 0 aromatic heterocycles. The summed E-state index contributed by atoms with van der Waals surface area (Å²) >= 11 is 0. The van der Waals surface area contributed by atoms with Crippen molar-refractivity contribution in [2.75, 3.05) is 23.9 Å². The predicted molar refractivity (Wildman–Crippen MR) is 77.8 cm³/mol. The number of anilines is 1. The van der Waals surface area contributed by atoms with E-state index in [1.54, 1.807) is 24.3 Å². The number of carbonyl (C=O) groups excluding carboxylic acids is 2. The van der Waals surface area contributed by atoms with Gasteiger partial charge in [0.15, 0.2) is 0 Å². The van der Waals surface area contributed by atoms with E-state index in [9.17, 15) is 18.0 Å². The Morgan fingerprint density at radius 1 is 1.14 bits per heavy atom. The first-order valence-corrected chi connectivity index (χ1v) is 8.43. The van der Waals surface area contributed by atoms with Gasteiger partial charge in [-0.2, -0.15) is 0 Å². The van der Waals surface area contributed by atoms with Crippen LogP contribution in [-0.4, -0.2) is 38.9 Å². The Kier molecular flexibility index (Phi) is 4.62. The molecule has 7 heteroatoms. The van der Waals surface area contributed by atoms with Crippen molar-refractivity contribution in [3.63, 3.8) is 0 Å². The van der Waals surface area contributed by atoms with Gasteiger partial charge in [-0.25, -0.2) is 13.2 Å². The Hall–Kier alpha value is -1.89. The highest BCUT2D eigenvalue weighted by Gasteiger charge is 2.28. The predicted octanol–water partition coefficient (Wildman–Crippen LogP) is 1.24. The molecule has 0 radical (unpaired) electrons. The second-order valence-corrected chi connectivity index (χ2v) is 7.29. The summed E-state index contributed by atoms with van der Waals surface area (Å²) in [6, 6.07) is 6.35. The molecule has 0 aliphatic carbocycles. The maximum absolute atomic E-state index is 12.1. The van der Waals surface area contributed by atoms with Crippen molar-refractivity contribution >= 4 is 27.4 Å². The Morgan fingerprint density at radius 3 is 2.24 bits per heavy atom. The third kappa shape index (κ3) is 4.04. The zero-order valence-corrected chi connectivity index (χ0v) is 12.5. The number of methoxy groups -OCH3 is 1. The van der Waals surface area contributed by atoms with E-state index in [1.165, 1.54) is 7.11 Å². The molecule has 1 heterocycles. The van der Waals surface area contributed by atoms with Crippen LogP contribution in [0.5, 0.6) is 0 Å². The molecule has 21 heavy (non-hydrogen) atoms. The Bertz CT molecular complexity index is 622. The molecule has 114 valence electrons. The van der Waals surface area contributed by atoms with E-state index in [1.807, 2.05) is 0 Å². The van der Waals surface area contributed by atoms with Crippen LogP contribution in [0.15, 0.2) is 24.3 Å². The van der Waals surface area contributed by atoms with Crippen LogP contribution < -0.4 is 5.32 Å². The van der Waals surface area contributed by atoms with Gasteiger partial charge in [0.25, 0.3) is 0 Å². The quantitative estimate of drug-likeness (QED) is 0.848. The number of sulfone groups is 1. The van der Waals surface area contributed by atoms with Gasteiger partial charge in [-0.05, 0) is 37.1 Å². The number of amides is 1. The van der Waals surface area contributed by atoms with Crippen molar-refractivity contribution in [2.24, 2.45) is 5.92 Å². The van der Waals surface area contributed by atoms with Crippen molar-refractivity contribution < 1.29 is 22.7 Å². The minimum absolute atomic E-state index is 0.0619. The van der Waals surface area contributed by atoms with E-state index in [-0.39, 0.29) is 23.3 Å². The number of ether oxygens (including phenoxy) is 1. The first-order chi connectivity index (χ1) is 9.91. The highest BCUT2D eigenvalue weighted by molar-refractivity contribution is 7.91. The largest absolute Gasteiger partial charge is 0.465 e. The molecule has 1 saturated heterocycles. The second-order valence-electron chi connectivity index (χ2n) is 4.98. The molecule has 0 atom stereocenters. The third-order valence-electron chi connectivity index (χ3n) is 3.50. The lowest BCUT2D eigenvalue weighted by Crippen LogP contribution is -2.31. The number of hydrogen-bond acceptors (Lipinski definition) is 5. The Labute approximate surface area is 123 Å². The van der Waals surface area contributed by atoms with Crippen LogP contribution >= 0.6 is 0 Å². The van der Waals surface area contributed by atoms with E-state index in [2.05, 4.69) is 10.1 Å². The maximum atomic E-state index is 12.1. The molecular formula is C14H17NO5S. The summed E-state index contributed by atoms with van der Waals surface area (Å²) in [5.74, 6) is -0.784. The van der Waals surface area contributed by atoms with Crippen LogP contribution in [0.1, 0.15) is 23.2 Å². The number of benzene rings is 1. The van der Waals surface area contributed by atoms with Gasteiger partial charge in [0, 0.05) is 11.6 Å². The molecule has 1 aromatic rings. The molecular weight excluding hydrogens is 294 g/mol. The summed E-state index contributed by atoms with van der Waals surface area (Å²) in [5, 5.41) is 2.74. The van der Waals surface area contributed by atoms with Gasteiger partial charge in [0.1, 0.15) is 9.84 Å². The molecule has 0 spiro atoms. The molecule has 0 unspecified atom stereocenters. The van der Waals surface area contributed by atoms with Crippen LogP contribution in [-0.2, 0) is 19.4 Å². The van der Waals surface area contributed by atoms with E-state index in [0.29, 0.717) is 24.1 Å². The van der Waals surface area contributed by atoms with Gasteiger partial charge in [0.05, 0.1) is 24.2 Å². The lowest BCUT2D eigenvalue weighted by Gasteiger charge is -2.21. The van der Waals surface area contributed by atoms with E-state index in [0.717, 1.165) is 0 Å². The molecule has 1 aliphatic heterocycles.